The molecule has 0 radical (unpaired) electrons. The lowest BCUT2D eigenvalue weighted by molar-refractivity contribution is -0.0727. The smallest absolute Gasteiger partial charge is 0.261 e. The summed E-state index contributed by atoms with van der Waals surface area (Å²) in [6.07, 6.45) is 9.55. The van der Waals surface area contributed by atoms with Gasteiger partial charge in [-0.25, -0.2) is 0 Å². The Bertz CT molecular complexity index is 562. The number of carbonyl (C=O) groups excluding carboxylic acids is 1. The number of carbonyl (C=O) groups is 1. The molecule has 4 aliphatic carbocycles. The van der Waals surface area contributed by atoms with Gasteiger partial charge in [0.05, 0.1) is 4.88 Å². The zero-order valence-corrected chi connectivity index (χ0v) is 15.5. The van der Waals surface area contributed by atoms with E-state index in [-0.39, 0.29) is 5.91 Å². The maximum atomic E-state index is 12.8. The second-order valence-corrected chi connectivity index (χ2v) is 9.82. The summed E-state index contributed by atoms with van der Waals surface area (Å²) in [4.78, 5) is 14.9. The third-order valence-electron chi connectivity index (χ3n) is 6.93. The van der Waals surface area contributed by atoms with Gasteiger partial charge in [-0.15, -0.1) is 11.3 Å². The molecular formula is C20H29NOS. The molecule has 4 saturated carbocycles. The SMILES string of the molecule is CCC(NC(=O)c1cc(C)c(C)s1)C12CC3CC(CC(C3)C1)C2. The zero-order valence-electron chi connectivity index (χ0n) is 14.7. The number of nitrogens with one attached hydrogen (secondary N) is 1. The van der Waals surface area contributed by atoms with Gasteiger partial charge in [0.2, 0.25) is 0 Å². The second kappa shape index (κ2) is 5.61. The summed E-state index contributed by atoms with van der Waals surface area (Å²) in [6, 6.07) is 2.42. The van der Waals surface area contributed by atoms with E-state index >= 15 is 0 Å². The van der Waals surface area contributed by atoms with E-state index in [0.717, 1.165) is 29.1 Å². The molecule has 4 bridgehead atoms. The van der Waals surface area contributed by atoms with Crippen LogP contribution >= 0.6 is 11.3 Å². The van der Waals surface area contributed by atoms with Crippen LogP contribution in [0.3, 0.4) is 0 Å². The first-order valence-electron chi connectivity index (χ1n) is 9.37. The Kier molecular flexibility index (Phi) is 3.83. The fraction of sp³-hybridized carbons (Fsp3) is 0.750. The van der Waals surface area contributed by atoms with Crippen LogP contribution in [0.1, 0.15) is 72.0 Å². The van der Waals surface area contributed by atoms with Crippen molar-refractivity contribution in [2.45, 2.75) is 71.8 Å². The number of hydrogen-bond acceptors (Lipinski definition) is 2. The molecule has 1 heterocycles. The van der Waals surface area contributed by atoms with Gasteiger partial charge in [-0.2, -0.15) is 0 Å². The minimum Gasteiger partial charge on any atom is -0.348 e. The van der Waals surface area contributed by atoms with Gasteiger partial charge in [-0.1, -0.05) is 6.92 Å². The molecule has 2 nitrogen and oxygen atoms in total. The van der Waals surface area contributed by atoms with E-state index in [2.05, 4.69) is 32.2 Å². The van der Waals surface area contributed by atoms with Crippen molar-refractivity contribution in [3.05, 3.63) is 21.4 Å². The molecule has 0 aromatic carbocycles. The Balaban J connectivity index is 1.53. The van der Waals surface area contributed by atoms with E-state index in [1.165, 1.54) is 49.0 Å². The Labute approximate surface area is 144 Å². The van der Waals surface area contributed by atoms with Gasteiger partial charge < -0.3 is 5.32 Å². The van der Waals surface area contributed by atoms with E-state index in [1.807, 2.05) is 0 Å². The van der Waals surface area contributed by atoms with Crippen molar-refractivity contribution >= 4 is 17.2 Å². The van der Waals surface area contributed by atoms with Crippen LogP contribution in [0, 0.1) is 37.0 Å². The number of aryl methyl sites for hydroxylation is 2. The van der Waals surface area contributed by atoms with E-state index in [9.17, 15) is 4.79 Å². The highest BCUT2D eigenvalue weighted by molar-refractivity contribution is 7.14. The van der Waals surface area contributed by atoms with Crippen LogP contribution < -0.4 is 5.32 Å². The van der Waals surface area contributed by atoms with Crippen molar-refractivity contribution in [1.29, 1.82) is 0 Å². The Hall–Kier alpha value is -0.830. The van der Waals surface area contributed by atoms with Gasteiger partial charge in [0.15, 0.2) is 0 Å². The molecule has 1 unspecified atom stereocenters. The lowest BCUT2D eigenvalue weighted by Crippen LogP contribution is -2.56. The lowest BCUT2D eigenvalue weighted by atomic mass is 9.47. The van der Waals surface area contributed by atoms with Gasteiger partial charge in [0.1, 0.15) is 0 Å². The maximum absolute atomic E-state index is 12.8. The van der Waals surface area contributed by atoms with Crippen LogP contribution in [0.4, 0.5) is 0 Å². The van der Waals surface area contributed by atoms with Crippen molar-refractivity contribution < 1.29 is 4.79 Å². The molecule has 0 spiro atoms. The molecule has 4 fully saturated rings. The minimum atomic E-state index is 0.161. The molecule has 1 amide bonds. The molecule has 3 heteroatoms. The second-order valence-electron chi connectivity index (χ2n) is 8.56. The summed E-state index contributed by atoms with van der Waals surface area (Å²) < 4.78 is 0. The van der Waals surface area contributed by atoms with Crippen LogP contribution in [0.25, 0.3) is 0 Å². The Morgan fingerprint density at radius 3 is 2.22 bits per heavy atom. The Morgan fingerprint density at radius 1 is 1.22 bits per heavy atom. The summed E-state index contributed by atoms with van der Waals surface area (Å²) in [5.41, 5.74) is 1.64. The largest absolute Gasteiger partial charge is 0.348 e. The molecule has 4 aliphatic rings. The normalized spacial score (nSPS) is 36.2. The standard InChI is InChI=1S/C20H29NOS/c1-4-18(21-19(22)17-5-12(2)13(3)23-17)20-9-14-6-15(10-20)8-16(7-14)11-20/h5,14-16,18H,4,6-11H2,1-3H3,(H,21,22). The minimum absolute atomic E-state index is 0.161. The van der Waals surface area contributed by atoms with Gasteiger partial charge in [0.25, 0.3) is 5.91 Å². The number of hydrogen-bond donors (Lipinski definition) is 1. The molecule has 1 aromatic rings. The van der Waals surface area contributed by atoms with Crippen LogP contribution in [0.2, 0.25) is 0 Å². The summed E-state index contributed by atoms with van der Waals surface area (Å²) in [5.74, 6) is 2.99. The highest BCUT2D eigenvalue weighted by Gasteiger charge is 2.54. The van der Waals surface area contributed by atoms with E-state index in [1.54, 1.807) is 11.3 Å². The van der Waals surface area contributed by atoms with Crippen LogP contribution in [-0.4, -0.2) is 11.9 Å². The summed E-state index contributed by atoms with van der Waals surface area (Å²) in [5, 5.41) is 3.45. The monoisotopic (exact) mass is 331 g/mol. The summed E-state index contributed by atoms with van der Waals surface area (Å²) in [6.45, 7) is 6.46. The van der Waals surface area contributed by atoms with E-state index in [0.29, 0.717) is 11.5 Å². The molecular weight excluding hydrogens is 302 g/mol. The highest BCUT2D eigenvalue weighted by Crippen LogP contribution is 2.61. The molecule has 126 valence electrons. The highest BCUT2D eigenvalue weighted by atomic mass is 32.1. The van der Waals surface area contributed by atoms with Crippen LogP contribution in [-0.2, 0) is 0 Å². The topological polar surface area (TPSA) is 29.1 Å². The van der Waals surface area contributed by atoms with Crippen molar-refractivity contribution in [3.63, 3.8) is 0 Å². The van der Waals surface area contributed by atoms with Crippen molar-refractivity contribution in [1.82, 2.24) is 5.32 Å². The van der Waals surface area contributed by atoms with Crippen molar-refractivity contribution in [2.24, 2.45) is 23.2 Å². The lowest BCUT2D eigenvalue weighted by Gasteiger charge is -2.59. The third kappa shape index (κ3) is 2.65. The summed E-state index contributed by atoms with van der Waals surface area (Å²) in [7, 11) is 0. The van der Waals surface area contributed by atoms with E-state index < -0.39 is 0 Å². The Morgan fingerprint density at radius 2 is 1.78 bits per heavy atom. The molecule has 1 atom stereocenters. The van der Waals surface area contributed by atoms with E-state index in [4.69, 9.17) is 0 Å². The molecule has 1 aromatic heterocycles. The molecule has 0 saturated heterocycles. The predicted octanol–water partition coefficient (Wildman–Crippen LogP) is 5.09. The van der Waals surface area contributed by atoms with Gasteiger partial charge in [-0.05, 0) is 93.6 Å². The fourth-order valence-corrected chi connectivity index (χ4v) is 7.14. The zero-order chi connectivity index (χ0) is 16.2. The average molecular weight is 332 g/mol. The average Bonchev–Trinajstić information content (AvgIpc) is 2.82. The van der Waals surface area contributed by atoms with Crippen molar-refractivity contribution in [3.8, 4) is 0 Å². The van der Waals surface area contributed by atoms with Gasteiger partial charge >= 0.3 is 0 Å². The summed E-state index contributed by atoms with van der Waals surface area (Å²) >= 11 is 1.64. The third-order valence-corrected chi connectivity index (χ3v) is 8.08. The molecule has 5 rings (SSSR count). The van der Waals surface area contributed by atoms with Gasteiger partial charge in [-0.3, -0.25) is 4.79 Å². The number of amides is 1. The van der Waals surface area contributed by atoms with Crippen molar-refractivity contribution in [2.75, 3.05) is 0 Å². The number of rotatable bonds is 4. The first-order chi connectivity index (χ1) is 11.0. The quantitative estimate of drug-likeness (QED) is 0.818. The maximum Gasteiger partial charge on any atom is 0.261 e. The molecule has 0 aliphatic heterocycles. The predicted molar refractivity (Wildman–Crippen MR) is 95.9 cm³/mol. The fourth-order valence-electron chi connectivity index (χ4n) is 6.21. The molecule has 1 N–H and O–H groups in total. The van der Waals surface area contributed by atoms with Gasteiger partial charge in [0, 0.05) is 10.9 Å². The van der Waals surface area contributed by atoms with Crippen LogP contribution in [0.15, 0.2) is 6.07 Å². The first kappa shape index (κ1) is 15.7. The first-order valence-corrected chi connectivity index (χ1v) is 10.2. The molecule has 23 heavy (non-hydrogen) atoms. The number of thiophene rings is 1. The van der Waals surface area contributed by atoms with Crippen LogP contribution in [0.5, 0.6) is 0 Å².